The number of benzene rings is 4. The van der Waals surface area contributed by atoms with Crippen LogP contribution in [0.2, 0.25) is 5.02 Å². The average molecular weight is 556 g/mol. The molecule has 0 saturated carbocycles. The van der Waals surface area contributed by atoms with Crippen LogP contribution in [0.1, 0.15) is 21.6 Å². The third-order valence-corrected chi connectivity index (χ3v) is 7.36. The van der Waals surface area contributed by atoms with E-state index in [-0.39, 0.29) is 25.8 Å². The van der Waals surface area contributed by atoms with Gasteiger partial charge >= 0.3 is 5.97 Å². The first-order chi connectivity index (χ1) is 19.5. The molecule has 0 amide bonds. The van der Waals surface area contributed by atoms with Crippen molar-refractivity contribution < 1.29 is 33.6 Å². The van der Waals surface area contributed by atoms with E-state index in [4.69, 9.17) is 35.3 Å². The summed E-state index contributed by atoms with van der Waals surface area (Å²) in [5, 5.41) is 11.7. The van der Waals surface area contributed by atoms with E-state index in [2.05, 4.69) is 0 Å². The molecule has 0 fully saturated rings. The third kappa shape index (κ3) is 4.23. The topological polar surface area (TPSA) is 88.4 Å². The molecular weight excluding hydrogens is 534 g/mol. The summed E-state index contributed by atoms with van der Waals surface area (Å²) in [5.74, 6) is 2.11. The van der Waals surface area contributed by atoms with Gasteiger partial charge in [0.15, 0.2) is 23.0 Å². The van der Waals surface area contributed by atoms with E-state index in [1.807, 2.05) is 66.7 Å². The Labute approximate surface area is 233 Å². The molecule has 0 aliphatic carbocycles. The average Bonchev–Trinajstić information content (AvgIpc) is 3.69. The molecule has 7 rings (SSSR count). The molecule has 2 aliphatic heterocycles. The third-order valence-electron chi connectivity index (χ3n) is 7.01. The summed E-state index contributed by atoms with van der Waals surface area (Å²) in [4.78, 5) is 12.8. The summed E-state index contributed by atoms with van der Waals surface area (Å²) < 4.78 is 29.7. The first-order valence-corrected chi connectivity index (χ1v) is 13.0. The SMILES string of the molecule is O=C(O)c1c(-c2ccccc2)c2cc(OCc3ccc4c(c3)OCO4)ccc2n1Cc1cc2c(cc1Cl)OCO2. The van der Waals surface area contributed by atoms with Gasteiger partial charge in [0.25, 0.3) is 0 Å². The normalized spacial score (nSPS) is 13.1. The van der Waals surface area contributed by atoms with Gasteiger partial charge in [-0.25, -0.2) is 4.79 Å². The van der Waals surface area contributed by atoms with Gasteiger partial charge < -0.3 is 33.4 Å². The fraction of sp³-hybridized carbons (Fsp3) is 0.129. The Morgan fingerprint density at radius 1 is 0.850 bits per heavy atom. The summed E-state index contributed by atoms with van der Waals surface area (Å²) in [6.07, 6.45) is 0. The predicted octanol–water partition coefficient (Wildman–Crippen LogP) is 6.74. The summed E-state index contributed by atoms with van der Waals surface area (Å²) in [6.45, 7) is 0.855. The second-order valence-electron chi connectivity index (χ2n) is 9.43. The highest BCUT2D eigenvalue weighted by atomic mass is 35.5. The Morgan fingerprint density at radius 2 is 1.57 bits per heavy atom. The molecule has 0 radical (unpaired) electrons. The minimum Gasteiger partial charge on any atom is -0.489 e. The highest BCUT2D eigenvalue weighted by Gasteiger charge is 2.26. The van der Waals surface area contributed by atoms with Crippen LogP contribution in [0, 0.1) is 0 Å². The van der Waals surface area contributed by atoms with Crippen LogP contribution < -0.4 is 23.7 Å². The molecule has 3 heterocycles. The van der Waals surface area contributed by atoms with E-state index in [1.54, 1.807) is 16.7 Å². The number of fused-ring (bicyclic) bond motifs is 3. The number of carboxylic acids is 1. The number of carbonyl (C=O) groups is 1. The Hall–Kier alpha value is -4.82. The number of rotatable bonds is 7. The first-order valence-electron chi connectivity index (χ1n) is 12.6. The lowest BCUT2D eigenvalue weighted by Crippen LogP contribution is -2.11. The van der Waals surface area contributed by atoms with Crippen molar-refractivity contribution in [1.82, 2.24) is 4.57 Å². The standard InChI is InChI=1S/C31H22ClNO7/c32-23-13-28-27(39-17-40-28)11-20(23)14-33-24-8-7-21(36-15-18-6-9-25-26(10-18)38-16-37-25)12-22(24)29(30(33)31(34)35)19-4-2-1-3-5-19/h1-13H,14-17H2,(H,34,35). The molecule has 5 aromatic rings. The van der Waals surface area contributed by atoms with E-state index in [0.29, 0.717) is 51.5 Å². The minimum absolute atomic E-state index is 0.120. The first kappa shape index (κ1) is 24.2. The fourth-order valence-corrected chi connectivity index (χ4v) is 5.37. The number of hydrogen-bond acceptors (Lipinski definition) is 6. The number of nitrogens with zero attached hydrogens (tertiary/aromatic N) is 1. The zero-order valence-electron chi connectivity index (χ0n) is 21.1. The van der Waals surface area contributed by atoms with Gasteiger partial charge in [-0.1, -0.05) is 48.0 Å². The van der Waals surface area contributed by atoms with E-state index in [9.17, 15) is 9.90 Å². The van der Waals surface area contributed by atoms with Gasteiger partial charge in [-0.05, 0) is 53.1 Å². The number of aromatic nitrogens is 1. The molecule has 9 heteroatoms. The Kier molecular flexibility index (Phi) is 5.90. The zero-order chi connectivity index (χ0) is 27.2. The van der Waals surface area contributed by atoms with Crippen LogP contribution >= 0.6 is 11.6 Å². The van der Waals surface area contributed by atoms with Crippen molar-refractivity contribution in [2.45, 2.75) is 13.2 Å². The summed E-state index contributed by atoms with van der Waals surface area (Å²) >= 11 is 6.59. The molecule has 8 nitrogen and oxygen atoms in total. The van der Waals surface area contributed by atoms with Crippen LogP contribution in [-0.2, 0) is 13.2 Å². The van der Waals surface area contributed by atoms with Crippen LogP contribution in [0.25, 0.3) is 22.0 Å². The molecule has 0 atom stereocenters. The molecule has 0 spiro atoms. The Morgan fingerprint density at radius 3 is 2.35 bits per heavy atom. The molecule has 1 N–H and O–H groups in total. The van der Waals surface area contributed by atoms with Gasteiger partial charge in [0, 0.05) is 27.6 Å². The van der Waals surface area contributed by atoms with E-state index in [1.165, 1.54) is 0 Å². The van der Waals surface area contributed by atoms with Crippen LogP contribution in [-0.4, -0.2) is 29.2 Å². The van der Waals surface area contributed by atoms with Crippen molar-refractivity contribution in [2.75, 3.05) is 13.6 Å². The largest absolute Gasteiger partial charge is 0.489 e. The number of carboxylic acid groups (broad SMARTS) is 1. The van der Waals surface area contributed by atoms with Gasteiger partial charge in [-0.15, -0.1) is 0 Å². The van der Waals surface area contributed by atoms with Gasteiger partial charge in [0.05, 0.1) is 6.54 Å². The summed E-state index contributed by atoms with van der Waals surface area (Å²) in [5.41, 5.74) is 3.92. The van der Waals surface area contributed by atoms with Crippen molar-refractivity contribution in [3.63, 3.8) is 0 Å². The maximum Gasteiger partial charge on any atom is 0.353 e. The zero-order valence-corrected chi connectivity index (χ0v) is 21.8. The predicted molar refractivity (Wildman–Crippen MR) is 148 cm³/mol. The molecular formula is C31H22ClNO7. The molecule has 200 valence electrons. The molecule has 1 aromatic heterocycles. The van der Waals surface area contributed by atoms with Crippen molar-refractivity contribution in [3.8, 4) is 39.9 Å². The maximum atomic E-state index is 12.8. The molecule has 2 aliphatic rings. The molecule has 0 bridgehead atoms. The quantitative estimate of drug-likeness (QED) is 0.238. The molecule has 4 aromatic carbocycles. The minimum atomic E-state index is -1.05. The van der Waals surface area contributed by atoms with Gasteiger partial charge in [-0.3, -0.25) is 0 Å². The van der Waals surface area contributed by atoms with E-state index >= 15 is 0 Å². The second kappa shape index (κ2) is 9.73. The number of halogens is 1. The van der Waals surface area contributed by atoms with Crippen molar-refractivity contribution in [3.05, 3.63) is 101 Å². The van der Waals surface area contributed by atoms with Crippen LogP contribution in [0.15, 0.2) is 78.9 Å². The van der Waals surface area contributed by atoms with Crippen molar-refractivity contribution in [1.29, 1.82) is 0 Å². The number of aromatic carboxylic acids is 1. The van der Waals surface area contributed by atoms with Crippen LogP contribution in [0.3, 0.4) is 0 Å². The van der Waals surface area contributed by atoms with Crippen LogP contribution in [0.4, 0.5) is 0 Å². The fourth-order valence-electron chi connectivity index (χ4n) is 5.16. The highest BCUT2D eigenvalue weighted by molar-refractivity contribution is 6.31. The highest BCUT2D eigenvalue weighted by Crippen LogP contribution is 2.41. The van der Waals surface area contributed by atoms with E-state index in [0.717, 1.165) is 22.0 Å². The van der Waals surface area contributed by atoms with E-state index < -0.39 is 5.97 Å². The lowest BCUT2D eigenvalue weighted by molar-refractivity contribution is 0.0687. The van der Waals surface area contributed by atoms with Gasteiger partial charge in [-0.2, -0.15) is 0 Å². The molecule has 40 heavy (non-hydrogen) atoms. The van der Waals surface area contributed by atoms with Crippen molar-refractivity contribution in [2.24, 2.45) is 0 Å². The number of ether oxygens (including phenoxy) is 5. The van der Waals surface area contributed by atoms with Crippen molar-refractivity contribution >= 4 is 28.5 Å². The number of hydrogen-bond donors (Lipinski definition) is 1. The summed E-state index contributed by atoms with van der Waals surface area (Å²) in [6, 6.07) is 24.3. The molecule has 0 saturated heterocycles. The smallest absolute Gasteiger partial charge is 0.353 e. The monoisotopic (exact) mass is 555 g/mol. The summed E-state index contributed by atoms with van der Waals surface area (Å²) in [7, 11) is 0. The lowest BCUT2D eigenvalue weighted by atomic mass is 10.0. The molecule has 0 unspecified atom stereocenters. The Balaban J connectivity index is 1.32. The maximum absolute atomic E-state index is 12.8. The van der Waals surface area contributed by atoms with Crippen LogP contribution in [0.5, 0.6) is 28.7 Å². The van der Waals surface area contributed by atoms with Gasteiger partial charge in [0.2, 0.25) is 13.6 Å². The Bertz CT molecular complexity index is 1780. The second-order valence-corrected chi connectivity index (χ2v) is 9.84. The van der Waals surface area contributed by atoms with Gasteiger partial charge in [0.1, 0.15) is 18.1 Å². The lowest BCUT2D eigenvalue weighted by Gasteiger charge is -2.12.